The van der Waals surface area contributed by atoms with Gasteiger partial charge in [0.25, 0.3) is 11.7 Å². The third-order valence-corrected chi connectivity index (χ3v) is 6.07. The van der Waals surface area contributed by atoms with Gasteiger partial charge >= 0.3 is 0 Å². The summed E-state index contributed by atoms with van der Waals surface area (Å²) >= 11 is 6.22. The highest BCUT2D eigenvalue weighted by molar-refractivity contribution is 6.46. The number of aromatic nitrogens is 2. The van der Waals surface area contributed by atoms with E-state index in [4.69, 9.17) is 16.3 Å². The van der Waals surface area contributed by atoms with E-state index in [1.807, 2.05) is 6.07 Å². The number of carbonyl (C=O) groups is 2. The van der Waals surface area contributed by atoms with Crippen LogP contribution in [-0.4, -0.2) is 76.2 Å². The Kier molecular flexibility index (Phi) is 6.13. The van der Waals surface area contributed by atoms with Gasteiger partial charge in [0.2, 0.25) is 0 Å². The van der Waals surface area contributed by atoms with Crippen molar-refractivity contribution in [3.05, 3.63) is 57.4 Å². The van der Waals surface area contributed by atoms with Crippen molar-refractivity contribution in [1.29, 1.82) is 0 Å². The number of carbonyl (C=O) groups excluding carboxylic acids is 2. The number of nitrogens with one attached hydrogen (secondary N) is 1. The highest BCUT2D eigenvalue weighted by Crippen LogP contribution is 2.40. The predicted octanol–water partition coefficient (Wildman–Crippen LogP) is 2.43. The molecule has 164 valence electrons. The van der Waals surface area contributed by atoms with Gasteiger partial charge in [0.1, 0.15) is 5.76 Å². The van der Waals surface area contributed by atoms with E-state index in [2.05, 4.69) is 15.1 Å². The SMILES string of the molecule is Cc1n[nH]c(C)c1C(O)=C1C(=O)C(=O)N(CCN2CCOCC2)[C@H]1c1cccc(Cl)c1. The highest BCUT2D eigenvalue weighted by Gasteiger charge is 2.46. The predicted molar refractivity (Wildman–Crippen MR) is 116 cm³/mol. The van der Waals surface area contributed by atoms with Gasteiger partial charge in [-0.05, 0) is 31.5 Å². The van der Waals surface area contributed by atoms with E-state index >= 15 is 0 Å². The van der Waals surface area contributed by atoms with Crippen molar-refractivity contribution in [2.45, 2.75) is 19.9 Å². The van der Waals surface area contributed by atoms with Crippen LogP contribution in [0.5, 0.6) is 0 Å². The first kappa shape index (κ1) is 21.5. The monoisotopic (exact) mass is 444 g/mol. The number of hydrogen-bond donors (Lipinski definition) is 2. The van der Waals surface area contributed by atoms with Crippen LogP contribution in [0.15, 0.2) is 29.8 Å². The molecule has 4 rings (SSSR count). The van der Waals surface area contributed by atoms with Crippen molar-refractivity contribution < 1.29 is 19.4 Å². The van der Waals surface area contributed by atoms with Crippen LogP contribution in [0, 0.1) is 13.8 Å². The first-order valence-electron chi connectivity index (χ1n) is 10.2. The summed E-state index contributed by atoms with van der Waals surface area (Å²) in [5.74, 6) is -1.55. The topological polar surface area (TPSA) is 98.8 Å². The largest absolute Gasteiger partial charge is 0.507 e. The molecule has 2 N–H and O–H groups in total. The third-order valence-electron chi connectivity index (χ3n) is 5.83. The van der Waals surface area contributed by atoms with Crippen LogP contribution in [0.3, 0.4) is 0 Å². The fourth-order valence-corrected chi connectivity index (χ4v) is 4.44. The molecule has 1 amide bonds. The maximum Gasteiger partial charge on any atom is 0.295 e. The van der Waals surface area contributed by atoms with Crippen LogP contribution in [-0.2, 0) is 14.3 Å². The summed E-state index contributed by atoms with van der Waals surface area (Å²) < 4.78 is 5.39. The maximum atomic E-state index is 13.1. The number of ketones is 1. The van der Waals surface area contributed by atoms with E-state index in [9.17, 15) is 14.7 Å². The molecule has 0 saturated carbocycles. The van der Waals surface area contributed by atoms with E-state index in [1.165, 1.54) is 4.90 Å². The average molecular weight is 445 g/mol. The fourth-order valence-electron chi connectivity index (χ4n) is 4.24. The molecule has 2 fully saturated rings. The lowest BCUT2D eigenvalue weighted by Gasteiger charge is -2.31. The van der Waals surface area contributed by atoms with Crippen molar-refractivity contribution in [3.8, 4) is 0 Å². The van der Waals surface area contributed by atoms with E-state index in [0.29, 0.717) is 53.8 Å². The summed E-state index contributed by atoms with van der Waals surface area (Å²) in [4.78, 5) is 29.8. The lowest BCUT2D eigenvalue weighted by molar-refractivity contribution is -0.140. The van der Waals surface area contributed by atoms with E-state index in [0.717, 1.165) is 13.1 Å². The number of ether oxygens (including phenoxy) is 1. The van der Waals surface area contributed by atoms with Gasteiger partial charge in [-0.2, -0.15) is 5.10 Å². The summed E-state index contributed by atoms with van der Waals surface area (Å²) in [5, 5.41) is 18.6. The van der Waals surface area contributed by atoms with Gasteiger partial charge < -0.3 is 14.7 Å². The minimum absolute atomic E-state index is 0.0573. The second-order valence-electron chi connectivity index (χ2n) is 7.81. The van der Waals surface area contributed by atoms with E-state index in [-0.39, 0.29) is 11.3 Å². The molecule has 0 aliphatic carbocycles. The van der Waals surface area contributed by atoms with Crippen LogP contribution >= 0.6 is 11.6 Å². The molecule has 2 aliphatic rings. The Morgan fingerprint density at radius 1 is 1.26 bits per heavy atom. The molecular weight excluding hydrogens is 420 g/mol. The molecule has 0 radical (unpaired) electrons. The molecule has 2 aliphatic heterocycles. The first-order chi connectivity index (χ1) is 14.9. The van der Waals surface area contributed by atoms with Crippen LogP contribution in [0.4, 0.5) is 0 Å². The van der Waals surface area contributed by atoms with Gasteiger partial charge in [0.05, 0.1) is 36.1 Å². The van der Waals surface area contributed by atoms with Gasteiger partial charge in [0.15, 0.2) is 0 Å². The van der Waals surface area contributed by atoms with Gasteiger partial charge in [-0.3, -0.25) is 19.6 Å². The van der Waals surface area contributed by atoms with Crippen molar-refractivity contribution in [2.75, 3.05) is 39.4 Å². The van der Waals surface area contributed by atoms with Gasteiger partial charge in [-0.15, -0.1) is 0 Å². The standard InChI is InChI=1S/C22H25ClN4O4/c1-13-17(14(2)25-24-13)20(28)18-19(15-4-3-5-16(23)12-15)27(22(30)21(18)29)7-6-26-8-10-31-11-9-26/h3-5,12,19,28H,6-11H2,1-2H3,(H,24,25)/t19-/m0/s1. The summed E-state index contributed by atoms with van der Waals surface area (Å²) in [6, 6.07) is 6.31. The molecule has 1 atom stereocenters. The number of hydrogen-bond acceptors (Lipinski definition) is 6. The van der Waals surface area contributed by atoms with Gasteiger partial charge in [-0.1, -0.05) is 23.7 Å². The number of aliphatic hydroxyl groups is 1. The van der Waals surface area contributed by atoms with Crippen LogP contribution in [0.2, 0.25) is 5.02 Å². The maximum absolute atomic E-state index is 13.1. The Morgan fingerprint density at radius 2 is 2.00 bits per heavy atom. The molecule has 9 heteroatoms. The second kappa shape index (κ2) is 8.82. The van der Waals surface area contributed by atoms with Crippen molar-refractivity contribution in [3.63, 3.8) is 0 Å². The smallest absolute Gasteiger partial charge is 0.295 e. The van der Waals surface area contributed by atoms with Gasteiger partial charge in [0, 0.05) is 36.9 Å². The zero-order valence-electron chi connectivity index (χ0n) is 17.5. The number of H-pyrrole nitrogens is 1. The minimum atomic E-state index is -0.728. The Bertz CT molecular complexity index is 1020. The molecule has 3 heterocycles. The normalized spacial score (nSPS) is 21.8. The molecule has 8 nitrogen and oxygen atoms in total. The molecule has 0 bridgehead atoms. The zero-order chi connectivity index (χ0) is 22.1. The van der Waals surface area contributed by atoms with Crippen molar-refractivity contribution in [2.24, 2.45) is 0 Å². The molecule has 31 heavy (non-hydrogen) atoms. The van der Waals surface area contributed by atoms with Crippen LogP contribution in [0.1, 0.15) is 28.6 Å². The zero-order valence-corrected chi connectivity index (χ0v) is 18.3. The highest BCUT2D eigenvalue weighted by atomic mass is 35.5. The second-order valence-corrected chi connectivity index (χ2v) is 8.25. The number of nitrogens with zero attached hydrogens (tertiary/aromatic N) is 3. The fraction of sp³-hybridized carbons (Fsp3) is 0.409. The number of aryl methyl sites for hydroxylation is 2. The average Bonchev–Trinajstić information content (AvgIpc) is 3.23. The molecule has 2 aromatic rings. The number of likely N-dealkylation sites (tertiary alicyclic amines) is 1. The number of Topliss-reactive ketones (excluding diaryl/α,β-unsaturated/α-hetero) is 1. The van der Waals surface area contributed by atoms with Gasteiger partial charge in [-0.25, -0.2) is 0 Å². The number of halogens is 1. The summed E-state index contributed by atoms with van der Waals surface area (Å²) in [5.41, 5.74) is 2.35. The number of aromatic amines is 1. The molecule has 2 saturated heterocycles. The summed E-state index contributed by atoms with van der Waals surface area (Å²) in [7, 11) is 0. The number of morpholine rings is 1. The van der Waals surface area contributed by atoms with Crippen LogP contribution < -0.4 is 0 Å². The van der Waals surface area contributed by atoms with Crippen molar-refractivity contribution >= 4 is 29.1 Å². The van der Waals surface area contributed by atoms with E-state index < -0.39 is 17.7 Å². The Balaban J connectivity index is 1.77. The number of amides is 1. The molecule has 1 aromatic heterocycles. The number of benzene rings is 1. The molecular formula is C22H25ClN4O4. The lowest BCUT2D eigenvalue weighted by Crippen LogP contribution is -2.42. The minimum Gasteiger partial charge on any atom is -0.507 e. The molecule has 0 unspecified atom stereocenters. The molecule has 1 aromatic carbocycles. The summed E-state index contributed by atoms with van der Waals surface area (Å²) in [6.07, 6.45) is 0. The van der Waals surface area contributed by atoms with E-state index in [1.54, 1.807) is 32.0 Å². The Hall–Kier alpha value is -2.68. The molecule has 0 spiro atoms. The Morgan fingerprint density at radius 3 is 2.65 bits per heavy atom. The third kappa shape index (κ3) is 4.11. The lowest BCUT2D eigenvalue weighted by atomic mass is 9.94. The quantitative estimate of drug-likeness (QED) is 0.417. The van der Waals surface area contributed by atoms with Crippen LogP contribution in [0.25, 0.3) is 5.76 Å². The Labute approximate surface area is 185 Å². The first-order valence-corrected chi connectivity index (χ1v) is 10.6. The number of rotatable bonds is 5. The van der Waals surface area contributed by atoms with Crippen molar-refractivity contribution in [1.82, 2.24) is 20.0 Å². The number of aliphatic hydroxyl groups excluding tert-OH is 1. The summed E-state index contributed by atoms with van der Waals surface area (Å²) in [6.45, 7) is 7.31.